The van der Waals surface area contributed by atoms with Gasteiger partial charge in [0.25, 0.3) is 0 Å². The number of benzene rings is 6. The monoisotopic (exact) mass is 601 g/mol. The Morgan fingerprint density at radius 3 is 1.79 bits per heavy atom. The van der Waals surface area contributed by atoms with Gasteiger partial charge in [0.05, 0.1) is 18.0 Å². The quantitative estimate of drug-likeness (QED) is 0.184. The fourth-order valence-electron chi connectivity index (χ4n) is 6.82. The molecule has 6 aromatic carbocycles. The minimum absolute atomic E-state index is 0.0935. The number of hydrogen-bond acceptors (Lipinski definition) is 2. The zero-order valence-electron chi connectivity index (χ0n) is 26.3. The molecular weight excluding hydrogens is 571 g/mol. The van der Waals surface area contributed by atoms with Crippen LogP contribution < -0.4 is 0 Å². The van der Waals surface area contributed by atoms with Crippen molar-refractivity contribution in [1.82, 2.24) is 9.97 Å². The van der Waals surface area contributed by atoms with E-state index in [1.165, 1.54) is 22.3 Å². The number of aromatic nitrogens is 2. The van der Waals surface area contributed by atoms with Crippen LogP contribution in [0.2, 0.25) is 0 Å². The molecule has 8 rings (SSSR count). The molecule has 0 amide bonds. The minimum Gasteiger partial charge on any atom is -0.238 e. The molecule has 0 saturated heterocycles. The summed E-state index contributed by atoms with van der Waals surface area (Å²) in [7, 11) is 0. The van der Waals surface area contributed by atoms with Crippen LogP contribution in [0.4, 0.5) is 5.69 Å². The number of hydrogen-bond donors (Lipinski definition) is 0. The van der Waals surface area contributed by atoms with Gasteiger partial charge in [-0.25, -0.2) is 14.8 Å². The minimum atomic E-state index is -0.0935. The molecule has 0 bridgehead atoms. The molecule has 222 valence electrons. The molecule has 0 aliphatic heterocycles. The second-order valence-electron chi connectivity index (χ2n) is 12.6. The molecule has 1 aliphatic carbocycles. The summed E-state index contributed by atoms with van der Waals surface area (Å²) in [5.74, 6) is 0.641. The van der Waals surface area contributed by atoms with Crippen LogP contribution in [0.15, 0.2) is 152 Å². The van der Waals surface area contributed by atoms with E-state index in [2.05, 4.69) is 116 Å². The lowest BCUT2D eigenvalue weighted by atomic mass is 9.81. The zero-order chi connectivity index (χ0) is 32.0. The summed E-state index contributed by atoms with van der Waals surface area (Å²) in [6, 6.07) is 52.7. The van der Waals surface area contributed by atoms with E-state index in [1.54, 1.807) is 0 Å². The average molecular weight is 602 g/mol. The third-order valence-corrected chi connectivity index (χ3v) is 9.28. The van der Waals surface area contributed by atoms with Gasteiger partial charge in [0.2, 0.25) is 0 Å². The molecule has 3 heteroatoms. The maximum absolute atomic E-state index is 7.57. The predicted octanol–water partition coefficient (Wildman–Crippen LogP) is 11.7. The van der Waals surface area contributed by atoms with Gasteiger partial charge in [-0.05, 0) is 86.5 Å². The number of rotatable bonds is 5. The van der Waals surface area contributed by atoms with Crippen LogP contribution in [-0.4, -0.2) is 9.97 Å². The highest BCUT2D eigenvalue weighted by atomic mass is 14.9. The Morgan fingerprint density at radius 1 is 0.447 bits per heavy atom. The summed E-state index contributed by atoms with van der Waals surface area (Å²) >= 11 is 0. The first-order valence-electron chi connectivity index (χ1n) is 15.9. The van der Waals surface area contributed by atoms with E-state index in [1.807, 2.05) is 54.6 Å². The van der Waals surface area contributed by atoms with Gasteiger partial charge in [0.1, 0.15) is 0 Å². The first kappa shape index (κ1) is 28.4. The van der Waals surface area contributed by atoms with Crippen molar-refractivity contribution in [2.75, 3.05) is 0 Å². The summed E-state index contributed by atoms with van der Waals surface area (Å²) in [6.07, 6.45) is 0. The fourth-order valence-corrected chi connectivity index (χ4v) is 6.82. The van der Waals surface area contributed by atoms with Crippen LogP contribution in [0.5, 0.6) is 0 Å². The number of fused-ring (bicyclic) bond motifs is 3. The van der Waals surface area contributed by atoms with Crippen molar-refractivity contribution < 1.29 is 0 Å². The SMILES string of the molecule is [C-]#[N+]c1cccc(-c2cc(-c3ccccc3)nc(-c3cc(-c4ccccc4)cc(-c4ccc5c(c4)C(C)(C)c4ccccc4-5)c3)n2)c1. The van der Waals surface area contributed by atoms with Crippen LogP contribution in [-0.2, 0) is 5.41 Å². The van der Waals surface area contributed by atoms with Crippen molar-refractivity contribution >= 4 is 5.69 Å². The van der Waals surface area contributed by atoms with Crippen molar-refractivity contribution in [3.05, 3.63) is 174 Å². The van der Waals surface area contributed by atoms with Gasteiger partial charge in [-0.1, -0.05) is 129 Å². The maximum atomic E-state index is 7.57. The third kappa shape index (κ3) is 5.11. The Kier molecular flexibility index (Phi) is 6.85. The Labute approximate surface area is 275 Å². The van der Waals surface area contributed by atoms with E-state index < -0.39 is 0 Å². The highest BCUT2D eigenvalue weighted by molar-refractivity contribution is 5.86. The molecule has 0 atom stereocenters. The molecule has 0 N–H and O–H groups in total. The molecule has 0 fully saturated rings. The van der Waals surface area contributed by atoms with Crippen molar-refractivity contribution in [1.29, 1.82) is 0 Å². The average Bonchev–Trinajstić information content (AvgIpc) is 3.37. The molecule has 0 spiro atoms. The predicted molar refractivity (Wildman–Crippen MR) is 193 cm³/mol. The van der Waals surface area contributed by atoms with Gasteiger partial charge < -0.3 is 0 Å². The molecule has 1 aliphatic rings. The van der Waals surface area contributed by atoms with Crippen LogP contribution in [0.1, 0.15) is 25.0 Å². The second-order valence-corrected chi connectivity index (χ2v) is 12.6. The molecule has 3 nitrogen and oxygen atoms in total. The van der Waals surface area contributed by atoms with Crippen LogP contribution in [0.3, 0.4) is 0 Å². The lowest BCUT2D eigenvalue weighted by molar-refractivity contribution is 0.660. The third-order valence-electron chi connectivity index (χ3n) is 9.28. The molecule has 1 aromatic heterocycles. The van der Waals surface area contributed by atoms with Gasteiger partial charge in [0.15, 0.2) is 11.5 Å². The van der Waals surface area contributed by atoms with E-state index in [4.69, 9.17) is 16.5 Å². The molecular formula is C44H31N3. The standard InChI is InChI=1S/C44H31N3/c1-44(2)39-20-11-10-19-37(39)38-22-21-31(27-40(38)44)34-23-33(29-13-6-4-7-14-29)24-35(25-34)43-46-41(30-15-8-5-9-16-30)28-42(47-43)32-17-12-18-36(26-32)45-3/h4-28H,1-2H3. The largest absolute Gasteiger partial charge is 0.238 e. The van der Waals surface area contributed by atoms with E-state index in [0.717, 1.165) is 50.3 Å². The van der Waals surface area contributed by atoms with Crippen LogP contribution >= 0.6 is 0 Å². The summed E-state index contributed by atoms with van der Waals surface area (Å²) in [5.41, 5.74) is 14.8. The lowest BCUT2D eigenvalue weighted by Gasteiger charge is -2.22. The molecule has 1 heterocycles. The highest BCUT2D eigenvalue weighted by Gasteiger charge is 2.35. The van der Waals surface area contributed by atoms with Crippen LogP contribution in [0, 0.1) is 6.57 Å². The summed E-state index contributed by atoms with van der Waals surface area (Å²) in [6.45, 7) is 12.2. The Hall–Kier alpha value is -6.11. The summed E-state index contributed by atoms with van der Waals surface area (Å²) in [5, 5.41) is 0. The van der Waals surface area contributed by atoms with Gasteiger partial charge in [-0.2, -0.15) is 0 Å². The van der Waals surface area contributed by atoms with Crippen molar-refractivity contribution in [2.24, 2.45) is 0 Å². The normalized spacial score (nSPS) is 12.6. The molecule has 7 aromatic rings. The van der Waals surface area contributed by atoms with Gasteiger partial charge >= 0.3 is 0 Å². The highest BCUT2D eigenvalue weighted by Crippen LogP contribution is 2.49. The fraction of sp³-hybridized carbons (Fsp3) is 0.0682. The second kappa shape index (κ2) is 11.4. The van der Waals surface area contributed by atoms with Gasteiger partial charge in [-0.3, -0.25) is 0 Å². The Morgan fingerprint density at radius 2 is 1.04 bits per heavy atom. The zero-order valence-corrected chi connectivity index (χ0v) is 26.3. The Balaban J connectivity index is 1.33. The maximum Gasteiger partial charge on any atom is 0.187 e. The van der Waals surface area contributed by atoms with E-state index in [-0.39, 0.29) is 5.41 Å². The molecule has 0 radical (unpaired) electrons. The van der Waals surface area contributed by atoms with Gasteiger partial charge in [0, 0.05) is 16.5 Å². The van der Waals surface area contributed by atoms with Crippen LogP contribution in [0.25, 0.3) is 72.1 Å². The number of nitrogens with zero attached hydrogens (tertiary/aromatic N) is 3. The van der Waals surface area contributed by atoms with Crippen molar-refractivity contribution in [2.45, 2.75) is 19.3 Å². The van der Waals surface area contributed by atoms with Gasteiger partial charge in [-0.15, -0.1) is 0 Å². The van der Waals surface area contributed by atoms with E-state index in [0.29, 0.717) is 11.5 Å². The summed E-state index contributed by atoms with van der Waals surface area (Å²) < 4.78 is 0. The first-order valence-corrected chi connectivity index (χ1v) is 15.9. The van der Waals surface area contributed by atoms with E-state index in [9.17, 15) is 0 Å². The Bertz CT molecular complexity index is 2330. The molecule has 0 unspecified atom stereocenters. The van der Waals surface area contributed by atoms with Crippen molar-refractivity contribution in [3.63, 3.8) is 0 Å². The molecule has 0 saturated carbocycles. The lowest BCUT2D eigenvalue weighted by Crippen LogP contribution is -2.14. The van der Waals surface area contributed by atoms with Crippen molar-refractivity contribution in [3.8, 4) is 67.3 Å². The topological polar surface area (TPSA) is 30.1 Å². The summed E-state index contributed by atoms with van der Waals surface area (Å²) in [4.78, 5) is 13.9. The smallest absolute Gasteiger partial charge is 0.187 e. The van der Waals surface area contributed by atoms with E-state index >= 15 is 0 Å². The first-order chi connectivity index (χ1) is 23.0. The molecule has 47 heavy (non-hydrogen) atoms.